The highest BCUT2D eigenvalue weighted by molar-refractivity contribution is 7.89. The molecular weight excluding hydrogens is 445 g/mol. The van der Waals surface area contributed by atoms with E-state index in [9.17, 15) is 26.4 Å². The molecule has 176 valence electrons. The fourth-order valence-electron chi connectivity index (χ4n) is 3.85. The number of rotatable bonds is 7. The molecule has 1 amide bonds. The summed E-state index contributed by atoms with van der Waals surface area (Å²) in [6.07, 6.45) is -1.40. The minimum atomic E-state index is -4.56. The Hall–Kier alpha value is -2.53. The number of halogens is 3. The standard InChI is InChI=1S/C21H27F3N4O3S/c1-4-28(5-2)32(30,31)16-13-19(26(3)14-16)20(29)25-17-12-15(21(22,23)24)8-9-18(17)27-10-6-7-11-27/h8-9,12-14H,4-7,10-11H2,1-3H3,(H,25,29). The van der Waals surface area contributed by atoms with Gasteiger partial charge in [0.05, 0.1) is 16.9 Å². The number of benzene rings is 1. The van der Waals surface area contributed by atoms with E-state index in [1.54, 1.807) is 13.8 Å². The molecule has 11 heteroatoms. The largest absolute Gasteiger partial charge is 0.416 e. The van der Waals surface area contributed by atoms with Crippen LogP contribution in [0.25, 0.3) is 0 Å². The molecule has 1 aliphatic rings. The van der Waals surface area contributed by atoms with Crippen molar-refractivity contribution in [1.82, 2.24) is 8.87 Å². The Morgan fingerprint density at radius 3 is 2.31 bits per heavy atom. The first-order chi connectivity index (χ1) is 15.0. The lowest BCUT2D eigenvalue weighted by Crippen LogP contribution is -2.30. The van der Waals surface area contributed by atoms with Gasteiger partial charge in [-0.1, -0.05) is 13.8 Å². The van der Waals surface area contributed by atoms with Gasteiger partial charge in [-0.3, -0.25) is 4.79 Å². The van der Waals surface area contributed by atoms with Gasteiger partial charge in [0.2, 0.25) is 10.0 Å². The predicted molar refractivity (Wildman–Crippen MR) is 116 cm³/mol. The molecule has 1 N–H and O–H groups in total. The number of sulfonamides is 1. The van der Waals surface area contributed by atoms with Crippen molar-refractivity contribution in [2.75, 3.05) is 36.4 Å². The average Bonchev–Trinajstić information content (AvgIpc) is 3.38. The SMILES string of the molecule is CCN(CC)S(=O)(=O)c1cc(C(=O)Nc2cc(C(F)(F)F)ccc2N2CCCC2)n(C)c1. The molecule has 1 aromatic heterocycles. The third-order valence-electron chi connectivity index (χ3n) is 5.57. The van der Waals surface area contributed by atoms with E-state index in [1.807, 2.05) is 4.90 Å². The summed E-state index contributed by atoms with van der Waals surface area (Å²) in [6.45, 7) is 5.35. The topological polar surface area (TPSA) is 74.7 Å². The average molecular weight is 473 g/mol. The van der Waals surface area contributed by atoms with E-state index < -0.39 is 27.7 Å². The molecule has 0 bridgehead atoms. The van der Waals surface area contributed by atoms with Gasteiger partial charge in [-0.15, -0.1) is 0 Å². The van der Waals surface area contributed by atoms with Crippen LogP contribution in [0.1, 0.15) is 42.7 Å². The van der Waals surface area contributed by atoms with Gasteiger partial charge in [-0.2, -0.15) is 17.5 Å². The number of amides is 1. The maximum atomic E-state index is 13.3. The minimum absolute atomic E-state index is 0.0283. The molecule has 32 heavy (non-hydrogen) atoms. The molecule has 1 fully saturated rings. The summed E-state index contributed by atoms with van der Waals surface area (Å²) in [5.41, 5.74) is -0.289. The van der Waals surface area contributed by atoms with E-state index >= 15 is 0 Å². The van der Waals surface area contributed by atoms with E-state index in [2.05, 4.69) is 5.32 Å². The number of nitrogens with zero attached hydrogens (tertiary/aromatic N) is 3. The van der Waals surface area contributed by atoms with E-state index in [0.29, 0.717) is 18.8 Å². The summed E-state index contributed by atoms with van der Waals surface area (Å²) in [6, 6.07) is 4.53. The third kappa shape index (κ3) is 4.78. The summed E-state index contributed by atoms with van der Waals surface area (Å²) in [4.78, 5) is 14.9. The lowest BCUT2D eigenvalue weighted by atomic mass is 10.1. The van der Waals surface area contributed by atoms with Gasteiger partial charge in [-0.25, -0.2) is 8.42 Å². The first kappa shape index (κ1) is 24.1. The summed E-state index contributed by atoms with van der Waals surface area (Å²) in [5.74, 6) is -0.687. The molecule has 1 saturated heterocycles. The highest BCUT2D eigenvalue weighted by Gasteiger charge is 2.32. The Balaban J connectivity index is 1.96. The molecule has 3 rings (SSSR count). The van der Waals surface area contributed by atoms with Crippen LogP contribution in [-0.2, 0) is 23.2 Å². The number of hydrogen-bond donors (Lipinski definition) is 1. The zero-order valence-corrected chi connectivity index (χ0v) is 19.1. The molecule has 7 nitrogen and oxygen atoms in total. The molecule has 0 saturated carbocycles. The van der Waals surface area contributed by atoms with E-state index in [4.69, 9.17) is 0 Å². The van der Waals surface area contributed by atoms with Crippen LogP contribution in [0.4, 0.5) is 24.5 Å². The van der Waals surface area contributed by atoms with Crippen LogP contribution >= 0.6 is 0 Å². The van der Waals surface area contributed by atoms with Crippen molar-refractivity contribution in [2.45, 2.75) is 37.8 Å². The van der Waals surface area contributed by atoms with E-state index in [1.165, 1.54) is 34.2 Å². The highest BCUT2D eigenvalue weighted by atomic mass is 32.2. The Bertz CT molecular complexity index is 1090. The van der Waals surface area contributed by atoms with Crippen LogP contribution < -0.4 is 10.2 Å². The van der Waals surface area contributed by atoms with Crippen LogP contribution in [0, 0.1) is 0 Å². The fraction of sp³-hybridized carbons (Fsp3) is 0.476. The Morgan fingerprint density at radius 2 is 1.75 bits per heavy atom. The van der Waals surface area contributed by atoms with Crippen molar-refractivity contribution >= 4 is 27.3 Å². The number of aryl methyl sites for hydroxylation is 1. The highest BCUT2D eigenvalue weighted by Crippen LogP contribution is 2.36. The molecule has 2 heterocycles. The molecule has 0 atom stereocenters. The van der Waals surface area contributed by atoms with Gasteiger partial charge in [-0.05, 0) is 37.1 Å². The van der Waals surface area contributed by atoms with Crippen molar-refractivity contribution in [1.29, 1.82) is 0 Å². The normalized spacial score (nSPS) is 14.9. The molecule has 0 aliphatic carbocycles. The summed E-state index contributed by atoms with van der Waals surface area (Å²) < 4.78 is 68.0. The molecule has 0 spiro atoms. The third-order valence-corrected chi connectivity index (χ3v) is 7.59. The number of aromatic nitrogens is 1. The Kier molecular flexibility index (Phi) is 6.89. The van der Waals surface area contributed by atoms with Crippen LogP contribution in [0.2, 0.25) is 0 Å². The summed E-state index contributed by atoms with van der Waals surface area (Å²) in [7, 11) is -2.26. The van der Waals surface area contributed by atoms with Crippen LogP contribution in [0.3, 0.4) is 0 Å². The van der Waals surface area contributed by atoms with Gasteiger partial charge >= 0.3 is 6.18 Å². The fourth-order valence-corrected chi connectivity index (χ4v) is 5.38. The molecule has 1 aromatic carbocycles. The minimum Gasteiger partial charge on any atom is -0.370 e. The zero-order valence-electron chi connectivity index (χ0n) is 18.2. The van der Waals surface area contributed by atoms with Gasteiger partial charge < -0.3 is 14.8 Å². The molecule has 1 aliphatic heterocycles. The second-order valence-electron chi connectivity index (χ2n) is 7.64. The van der Waals surface area contributed by atoms with Gasteiger partial charge in [0.1, 0.15) is 10.6 Å². The molecule has 0 unspecified atom stereocenters. The summed E-state index contributed by atoms with van der Waals surface area (Å²) >= 11 is 0. The first-order valence-corrected chi connectivity index (χ1v) is 11.9. The van der Waals surface area contributed by atoms with E-state index in [0.717, 1.165) is 25.0 Å². The number of nitrogens with one attached hydrogen (secondary N) is 1. The number of carbonyl (C=O) groups is 1. The second-order valence-corrected chi connectivity index (χ2v) is 9.58. The lowest BCUT2D eigenvalue weighted by molar-refractivity contribution is -0.137. The Morgan fingerprint density at radius 1 is 1.12 bits per heavy atom. The smallest absolute Gasteiger partial charge is 0.370 e. The number of alkyl halides is 3. The van der Waals surface area contributed by atoms with Gasteiger partial charge in [0, 0.05) is 39.4 Å². The maximum absolute atomic E-state index is 13.3. The zero-order chi connectivity index (χ0) is 23.7. The number of hydrogen-bond acceptors (Lipinski definition) is 4. The second kappa shape index (κ2) is 9.14. The van der Waals surface area contributed by atoms with Crippen LogP contribution in [-0.4, -0.2) is 49.4 Å². The van der Waals surface area contributed by atoms with Crippen molar-refractivity contribution in [3.8, 4) is 0 Å². The molecular formula is C21H27F3N4O3S. The quantitative estimate of drug-likeness (QED) is 0.663. The number of anilines is 2. The van der Waals surface area contributed by atoms with Gasteiger partial charge in [0.15, 0.2) is 0 Å². The summed E-state index contributed by atoms with van der Waals surface area (Å²) in [5, 5.41) is 2.57. The van der Waals surface area contributed by atoms with Crippen molar-refractivity contribution in [3.63, 3.8) is 0 Å². The maximum Gasteiger partial charge on any atom is 0.416 e. The van der Waals surface area contributed by atoms with Crippen molar-refractivity contribution < 1.29 is 26.4 Å². The molecule has 2 aromatic rings. The van der Waals surface area contributed by atoms with Crippen LogP contribution in [0.15, 0.2) is 35.4 Å². The van der Waals surface area contributed by atoms with Crippen molar-refractivity contribution in [3.05, 3.63) is 41.7 Å². The van der Waals surface area contributed by atoms with Crippen LogP contribution in [0.5, 0.6) is 0 Å². The lowest BCUT2D eigenvalue weighted by Gasteiger charge is -2.23. The molecule has 0 radical (unpaired) electrons. The van der Waals surface area contributed by atoms with Gasteiger partial charge in [0.25, 0.3) is 5.91 Å². The predicted octanol–water partition coefficient (Wildman–Crippen LogP) is 3.93. The monoisotopic (exact) mass is 472 g/mol. The number of carbonyl (C=O) groups excluding carboxylic acids is 1. The Labute approximate surface area is 185 Å². The van der Waals surface area contributed by atoms with E-state index in [-0.39, 0.29) is 29.4 Å². The first-order valence-electron chi connectivity index (χ1n) is 10.4. The van der Waals surface area contributed by atoms with Crippen molar-refractivity contribution in [2.24, 2.45) is 7.05 Å².